The summed E-state index contributed by atoms with van der Waals surface area (Å²) in [5.74, 6) is 1.46. The van der Waals surface area contributed by atoms with Crippen LogP contribution in [0.4, 0.5) is 4.79 Å². The molecule has 1 aromatic carbocycles. The number of nitrogens with zero attached hydrogens (tertiary/aromatic N) is 2. The van der Waals surface area contributed by atoms with Crippen LogP contribution in [-0.4, -0.2) is 59.6 Å². The van der Waals surface area contributed by atoms with Crippen molar-refractivity contribution in [1.29, 1.82) is 0 Å². The Bertz CT molecular complexity index is 776. The smallest absolute Gasteiger partial charge is 0.408 e. The van der Waals surface area contributed by atoms with Gasteiger partial charge < -0.3 is 15.0 Å². The van der Waals surface area contributed by atoms with Crippen LogP contribution in [0.25, 0.3) is 0 Å². The monoisotopic (exact) mass is 485 g/mol. The third kappa shape index (κ3) is 9.47. The fourth-order valence-corrected chi connectivity index (χ4v) is 5.37. The first-order valence-electron chi connectivity index (χ1n) is 13.8. The lowest BCUT2D eigenvalue weighted by Crippen LogP contribution is -2.51. The van der Waals surface area contributed by atoms with Gasteiger partial charge in [0, 0.05) is 19.6 Å². The number of nitrogens with one attached hydrogen (secondary N) is 1. The van der Waals surface area contributed by atoms with E-state index in [1.165, 1.54) is 24.8 Å². The summed E-state index contributed by atoms with van der Waals surface area (Å²) < 4.78 is 5.47. The normalized spacial score (nSPS) is 19.4. The number of carbonyl (C=O) groups excluding carboxylic acids is 2. The summed E-state index contributed by atoms with van der Waals surface area (Å²) in [6, 6.07) is 10.2. The molecule has 0 aromatic heterocycles. The van der Waals surface area contributed by atoms with Gasteiger partial charge in [0.15, 0.2) is 0 Å². The highest BCUT2D eigenvalue weighted by Gasteiger charge is 2.30. The van der Waals surface area contributed by atoms with Crippen molar-refractivity contribution in [2.45, 2.75) is 97.2 Å². The molecule has 0 radical (unpaired) electrons. The fourth-order valence-electron chi connectivity index (χ4n) is 5.37. The Morgan fingerprint density at radius 3 is 2.23 bits per heavy atom. The number of hydrogen-bond acceptors (Lipinski definition) is 4. The first-order valence-corrected chi connectivity index (χ1v) is 13.8. The lowest BCUT2D eigenvalue weighted by molar-refractivity contribution is -0.135. The number of likely N-dealkylation sites (tertiary alicyclic amines) is 2. The highest BCUT2D eigenvalue weighted by Crippen LogP contribution is 2.25. The number of alkyl carbamates (subject to hydrolysis) is 1. The molecule has 35 heavy (non-hydrogen) atoms. The highest BCUT2D eigenvalue weighted by molar-refractivity contribution is 5.85. The number of benzene rings is 1. The standard InChI is InChI=1S/C29H47N3O3/c1-5-23-16-20-32(21-17-23)27(33)26(30-28(34)35-29(2,3)4)13-9-12-24-14-18-31(19-15-24)22-25-10-7-6-8-11-25/h6-8,10-11,23-24,26H,5,9,12-22H2,1-4H3,(H,30,34)/t26-/m0/s1. The Morgan fingerprint density at radius 2 is 1.63 bits per heavy atom. The first kappa shape index (κ1) is 27.5. The largest absolute Gasteiger partial charge is 0.444 e. The lowest BCUT2D eigenvalue weighted by atomic mass is 9.90. The Hall–Kier alpha value is -2.08. The van der Waals surface area contributed by atoms with Crippen LogP contribution in [-0.2, 0) is 16.1 Å². The molecule has 1 N–H and O–H groups in total. The number of hydrogen-bond donors (Lipinski definition) is 1. The second-order valence-corrected chi connectivity index (χ2v) is 11.5. The van der Waals surface area contributed by atoms with Crippen molar-refractivity contribution < 1.29 is 14.3 Å². The molecule has 6 nitrogen and oxygen atoms in total. The van der Waals surface area contributed by atoms with E-state index in [-0.39, 0.29) is 5.91 Å². The zero-order valence-electron chi connectivity index (χ0n) is 22.4. The summed E-state index contributed by atoms with van der Waals surface area (Å²) in [5, 5.41) is 2.91. The predicted octanol–water partition coefficient (Wildman–Crippen LogP) is 5.61. The van der Waals surface area contributed by atoms with Crippen LogP contribution in [0.15, 0.2) is 30.3 Å². The molecule has 1 atom stereocenters. The molecule has 2 aliphatic rings. The van der Waals surface area contributed by atoms with Gasteiger partial charge in [-0.05, 0) is 83.4 Å². The quantitative estimate of drug-likeness (QED) is 0.494. The third-order valence-corrected chi connectivity index (χ3v) is 7.55. The fraction of sp³-hybridized carbons (Fsp3) is 0.724. The summed E-state index contributed by atoms with van der Waals surface area (Å²) in [5.41, 5.74) is 0.800. The minimum absolute atomic E-state index is 0.0584. The molecule has 0 bridgehead atoms. The molecule has 2 aliphatic heterocycles. The van der Waals surface area contributed by atoms with Gasteiger partial charge in [-0.1, -0.05) is 56.5 Å². The summed E-state index contributed by atoms with van der Waals surface area (Å²) in [6.45, 7) is 12.7. The van der Waals surface area contributed by atoms with Gasteiger partial charge in [0.05, 0.1) is 0 Å². The van der Waals surface area contributed by atoms with Crippen molar-refractivity contribution in [2.24, 2.45) is 11.8 Å². The van der Waals surface area contributed by atoms with E-state index >= 15 is 0 Å². The molecular weight excluding hydrogens is 438 g/mol. The van der Waals surface area contributed by atoms with E-state index in [0.717, 1.165) is 58.4 Å². The van der Waals surface area contributed by atoms with Crippen LogP contribution in [0.3, 0.4) is 0 Å². The molecule has 0 aliphatic carbocycles. The minimum Gasteiger partial charge on any atom is -0.444 e. The van der Waals surface area contributed by atoms with E-state index in [1.54, 1.807) is 0 Å². The molecule has 0 unspecified atom stereocenters. The van der Waals surface area contributed by atoms with Crippen LogP contribution in [0.5, 0.6) is 0 Å². The van der Waals surface area contributed by atoms with Gasteiger partial charge >= 0.3 is 6.09 Å². The Morgan fingerprint density at radius 1 is 1.00 bits per heavy atom. The molecule has 3 rings (SSSR count). The maximum Gasteiger partial charge on any atom is 0.408 e. The van der Waals surface area contributed by atoms with Gasteiger partial charge in [0.2, 0.25) is 5.91 Å². The summed E-state index contributed by atoms with van der Waals surface area (Å²) in [7, 11) is 0. The molecule has 196 valence electrons. The zero-order chi connectivity index (χ0) is 25.3. The third-order valence-electron chi connectivity index (χ3n) is 7.55. The molecule has 6 heteroatoms. The number of carbonyl (C=O) groups is 2. The van der Waals surface area contributed by atoms with E-state index in [1.807, 2.05) is 25.7 Å². The van der Waals surface area contributed by atoms with E-state index in [4.69, 9.17) is 4.74 Å². The van der Waals surface area contributed by atoms with E-state index in [9.17, 15) is 9.59 Å². The van der Waals surface area contributed by atoms with Crippen LogP contribution in [0.1, 0.15) is 84.6 Å². The van der Waals surface area contributed by atoms with Gasteiger partial charge in [-0.25, -0.2) is 4.79 Å². The number of rotatable bonds is 9. The van der Waals surface area contributed by atoms with Crippen molar-refractivity contribution in [2.75, 3.05) is 26.2 Å². The number of piperidine rings is 2. The molecule has 2 saturated heterocycles. The van der Waals surface area contributed by atoms with Gasteiger partial charge in [-0.2, -0.15) is 0 Å². The molecular formula is C29H47N3O3. The molecule has 1 aromatic rings. The van der Waals surface area contributed by atoms with Crippen molar-refractivity contribution in [1.82, 2.24) is 15.1 Å². The molecule has 2 fully saturated rings. The van der Waals surface area contributed by atoms with E-state index < -0.39 is 17.7 Å². The SMILES string of the molecule is CCC1CCN(C(=O)[C@H](CCCC2CCN(Cc3ccccc3)CC2)NC(=O)OC(C)(C)C)CC1. The summed E-state index contributed by atoms with van der Waals surface area (Å²) >= 11 is 0. The molecule has 0 saturated carbocycles. The molecule has 2 heterocycles. The minimum atomic E-state index is -0.578. The molecule has 2 amide bonds. The Kier molecular flexibility index (Phi) is 10.4. The van der Waals surface area contributed by atoms with Crippen molar-refractivity contribution in [3.63, 3.8) is 0 Å². The lowest BCUT2D eigenvalue weighted by Gasteiger charge is -2.35. The second kappa shape index (κ2) is 13.3. The van der Waals surface area contributed by atoms with Crippen molar-refractivity contribution >= 4 is 12.0 Å². The van der Waals surface area contributed by atoms with Gasteiger partial charge in [0.25, 0.3) is 0 Å². The van der Waals surface area contributed by atoms with Crippen LogP contribution in [0.2, 0.25) is 0 Å². The molecule has 0 spiro atoms. The van der Waals surface area contributed by atoms with E-state index in [2.05, 4.69) is 47.5 Å². The van der Waals surface area contributed by atoms with Crippen LogP contribution in [0, 0.1) is 11.8 Å². The highest BCUT2D eigenvalue weighted by atomic mass is 16.6. The second-order valence-electron chi connectivity index (χ2n) is 11.5. The average molecular weight is 486 g/mol. The Balaban J connectivity index is 1.47. The zero-order valence-corrected chi connectivity index (χ0v) is 22.4. The van der Waals surface area contributed by atoms with Crippen molar-refractivity contribution in [3.8, 4) is 0 Å². The number of amides is 2. The maximum absolute atomic E-state index is 13.3. The van der Waals surface area contributed by atoms with Crippen LogP contribution < -0.4 is 5.32 Å². The van der Waals surface area contributed by atoms with Gasteiger partial charge in [-0.15, -0.1) is 0 Å². The topological polar surface area (TPSA) is 61.9 Å². The van der Waals surface area contributed by atoms with Crippen molar-refractivity contribution in [3.05, 3.63) is 35.9 Å². The van der Waals surface area contributed by atoms with Crippen LogP contribution >= 0.6 is 0 Å². The Labute approximate surface area is 212 Å². The van der Waals surface area contributed by atoms with Gasteiger partial charge in [0.1, 0.15) is 11.6 Å². The number of ether oxygens (including phenoxy) is 1. The van der Waals surface area contributed by atoms with E-state index in [0.29, 0.717) is 18.3 Å². The summed E-state index contributed by atoms with van der Waals surface area (Å²) in [4.78, 5) is 30.3. The first-order chi connectivity index (χ1) is 16.7. The van der Waals surface area contributed by atoms with Gasteiger partial charge in [-0.3, -0.25) is 9.69 Å². The average Bonchev–Trinajstić information content (AvgIpc) is 2.83. The summed E-state index contributed by atoms with van der Waals surface area (Å²) in [6.07, 6.45) is 7.93. The predicted molar refractivity (Wildman–Crippen MR) is 141 cm³/mol. The maximum atomic E-state index is 13.3.